The lowest BCUT2D eigenvalue weighted by Gasteiger charge is -2.07. The number of aryl methyl sites for hydroxylation is 1. The molecule has 18 heavy (non-hydrogen) atoms. The van der Waals surface area contributed by atoms with Crippen LogP contribution in [0.5, 0.6) is 0 Å². The van der Waals surface area contributed by atoms with Crippen LogP contribution in [0.2, 0.25) is 0 Å². The average molecular weight is 256 g/mol. The molecule has 0 unspecified atom stereocenters. The smallest absolute Gasteiger partial charge is 0.312 e. The van der Waals surface area contributed by atoms with E-state index in [1.165, 1.54) is 11.6 Å². The quantitative estimate of drug-likeness (QED) is 0.564. The van der Waals surface area contributed by atoms with E-state index in [4.69, 9.17) is 5.11 Å². The molecule has 1 rings (SSSR count). The number of amides is 1. The minimum atomic E-state index is -0.635. The van der Waals surface area contributed by atoms with Crippen molar-refractivity contribution in [2.75, 3.05) is 6.54 Å². The molecule has 8 nitrogen and oxygen atoms in total. The summed E-state index contributed by atoms with van der Waals surface area (Å²) < 4.78 is 1.28. The number of aliphatic hydroxyl groups excluding tert-OH is 1. The fourth-order valence-electron chi connectivity index (χ4n) is 1.56. The molecule has 0 saturated carbocycles. The van der Waals surface area contributed by atoms with Crippen LogP contribution in [0.3, 0.4) is 0 Å². The molecule has 0 aromatic carbocycles. The van der Waals surface area contributed by atoms with Gasteiger partial charge in [-0.3, -0.25) is 19.6 Å². The number of carbonyl (C=O) groups is 1. The van der Waals surface area contributed by atoms with Gasteiger partial charge in [-0.25, -0.2) is 0 Å². The topological polar surface area (TPSA) is 110 Å². The van der Waals surface area contributed by atoms with E-state index in [1.807, 2.05) is 0 Å². The first kappa shape index (κ1) is 14.1. The van der Waals surface area contributed by atoms with Crippen molar-refractivity contribution in [1.29, 1.82) is 0 Å². The van der Waals surface area contributed by atoms with Gasteiger partial charge in [0.15, 0.2) is 0 Å². The Hall–Kier alpha value is -1.96. The lowest BCUT2D eigenvalue weighted by Crippen LogP contribution is -2.33. The number of aliphatic hydroxyl groups is 1. The first-order chi connectivity index (χ1) is 8.32. The molecule has 100 valence electrons. The van der Waals surface area contributed by atoms with Crippen LogP contribution in [0.1, 0.15) is 18.3 Å². The molecule has 1 aromatic rings. The van der Waals surface area contributed by atoms with Crippen molar-refractivity contribution in [3.8, 4) is 0 Å². The van der Waals surface area contributed by atoms with Crippen molar-refractivity contribution >= 4 is 11.6 Å². The van der Waals surface area contributed by atoms with Crippen LogP contribution < -0.4 is 5.32 Å². The number of hydrogen-bond donors (Lipinski definition) is 2. The van der Waals surface area contributed by atoms with Gasteiger partial charge < -0.3 is 10.4 Å². The predicted molar refractivity (Wildman–Crippen MR) is 63.0 cm³/mol. The van der Waals surface area contributed by atoms with E-state index in [9.17, 15) is 14.9 Å². The predicted octanol–water partition coefficient (Wildman–Crippen LogP) is -0.0949. The number of nitrogens with one attached hydrogen (secondary N) is 1. The van der Waals surface area contributed by atoms with Crippen molar-refractivity contribution in [2.45, 2.75) is 33.4 Å². The van der Waals surface area contributed by atoms with Crippen molar-refractivity contribution in [2.24, 2.45) is 0 Å². The third kappa shape index (κ3) is 3.27. The van der Waals surface area contributed by atoms with E-state index in [0.29, 0.717) is 5.69 Å². The maximum absolute atomic E-state index is 11.5. The molecular formula is C10H16N4O4. The van der Waals surface area contributed by atoms with Gasteiger partial charge in [-0.1, -0.05) is 0 Å². The summed E-state index contributed by atoms with van der Waals surface area (Å²) in [7, 11) is 0. The van der Waals surface area contributed by atoms with Crippen LogP contribution in [-0.4, -0.2) is 38.4 Å². The van der Waals surface area contributed by atoms with Gasteiger partial charge in [-0.2, -0.15) is 5.10 Å². The molecule has 1 amide bonds. The summed E-state index contributed by atoms with van der Waals surface area (Å²) in [6.45, 7) is 4.65. The van der Waals surface area contributed by atoms with Gasteiger partial charge in [-0.05, 0) is 20.8 Å². The summed E-state index contributed by atoms with van der Waals surface area (Å²) in [5, 5.41) is 26.2. The molecule has 8 heteroatoms. The Morgan fingerprint density at radius 2 is 2.22 bits per heavy atom. The Balaban J connectivity index is 2.77. The normalized spacial score (nSPS) is 12.2. The maximum atomic E-state index is 11.5. The lowest BCUT2D eigenvalue weighted by molar-refractivity contribution is -0.386. The molecule has 0 aliphatic carbocycles. The van der Waals surface area contributed by atoms with Gasteiger partial charge in [-0.15, -0.1) is 0 Å². The maximum Gasteiger partial charge on any atom is 0.312 e. The van der Waals surface area contributed by atoms with E-state index in [1.54, 1.807) is 13.8 Å². The second-order valence-corrected chi connectivity index (χ2v) is 4.09. The summed E-state index contributed by atoms with van der Waals surface area (Å²) in [6.07, 6.45) is -0.635. The fraction of sp³-hybridized carbons (Fsp3) is 0.600. The molecule has 0 radical (unpaired) electrons. The Morgan fingerprint density at radius 1 is 1.61 bits per heavy atom. The highest BCUT2D eigenvalue weighted by molar-refractivity contribution is 5.75. The molecule has 0 fully saturated rings. The summed E-state index contributed by atoms with van der Waals surface area (Å²) in [5.74, 6) is -0.351. The first-order valence-electron chi connectivity index (χ1n) is 5.46. The monoisotopic (exact) mass is 256 g/mol. The van der Waals surface area contributed by atoms with Crippen molar-refractivity contribution in [3.63, 3.8) is 0 Å². The highest BCUT2D eigenvalue weighted by Gasteiger charge is 2.22. The van der Waals surface area contributed by atoms with Crippen LogP contribution in [0.15, 0.2) is 0 Å². The van der Waals surface area contributed by atoms with E-state index in [-0.39, 0.29) is 30.4 Å². The molecule has 1 aromatic heterocycles. The SMILES string of the molecule is Cc1nn(CC(=O)NC[C@@H](C)O)c(C)c1[N+](=O)[O-]. The second kappa shape index (κ2) is 5.58. The summed E-state index contributed by atoms with van der Waals surface area (Å²) >= 11 is 0. The summed E-state index contributed by atoms with van der Waals surface area (Å²) in [6, 6.07) is 0. The summed E-state index contributed by atoms with van der Waals surface area (Å²) in [5.41, 5.74) is 0.545. The van der Waals surface area contributed by atoms with Crippen molar-refractivity contribution in [1.82, 2.24) is 15.1 Å². The van der Waals surface area contributed by atoms with E-state index < -0.39 is 11.0 Å². The van der Waals surface area contributed by atoms with Gasteiger partial charge in [0.05, 0.1) is 11.0 Å². The van der Waals surface area contributed by atoms with Gasteiger partial charge in [0, 0.05) is 6.54 Å². The molecule has 0 saturated heterocycles. The third-order valence-corrected chi connectivity index (χ3v) is 2.41. The Morgan fingerprint density at radius 3 is 2.67 bits per heavy atom. The fourth-order valence-corrected chi connectivity index (χ4v) is 1.56. The van der Waals surface area contributed by atoms with Gasteiger partial charge in [0.25, 0.3) is 0 Å². The van der Waals surface area contributed by atoms with Gasteiger partial charge >= 0.3 is 5.69 Å². The number of hydrogen-bond acceptors (Lipinski definition) is 5. The summed E-state index contributed by atoms with van der Waals surface area (Å²) in [4.78, 5) is 21.8. The lowest BCUT2D eigenvalue weighted by atomic mass is 10.3. The first-order valence-corrected chi connectivity index (χ1v) is 5.46. The highest BCUT2D eigenvalue weighted by Crippen LogP contribution is 2.21. The molecular weight excluding hydrogens is 240 g/mol. The minimum Gasteiger partial charge on any atom is -0.392 e. The highest BCUT2D eigenvalue weighted by atomic mass is 16.6. The average Bonchev–Trinajstić information content (AvgIpc) is 2.51. The standard InChI is InChI=1S/C10H16N4O4/c1-6(15)4-11-9(16)5-13-8(3)10(14(17)18)7(2)12-13/h6,15H,4-5H2,1-3H3,(H,11,16)/t6-/m1/s1. The van der Waals surface area contributed by atoms with Gasteiger partial charge in [0.1, 0.15) is 17.9 Å². The van der Waals surface area contributed by atoms with E-state index in [2.05, 4.69) is 10.4 Å². The van der Waals surface area contributed by atoms with Crippen LogP contribution in [-0.2, 0) is 11.3 Å². The number of carbonyl (C=O) groups excluding carboxylic acids is 1. The zero-order valence-electron chi connectivity index (χ0n) is 10.5. The molecule has 2 N–H and O–H groups in total. The van der Waals surface area contributed by atoms with Crippen LogP contribution in [0.25, 0.3) is 0 Å². The zero-order valence-corrected chi connectivity index (χ0v) is 10.5. The van der Waals surface area contributed by atoms with Crippen LogP contribution in [0, 0.1) is 24.0 Å². The Kier molecular flexibility index (Phi) is 4.38. The van der Waals surface area contributed by atoms with Crippen LogP contribution in [0.4, 0.5) is 5.69 Å². The van der Waals surface area contributed by atoms with E-state index >= 15 is 0 Å². The third-order valence-electron chi connectivity index (χ3n) is 2.41. The molecule has 0 spiro atoms. The number of aromatic nitrogens is 2. The van der Waals surface area contributed by atoms with Gasteiger partial charge in [0.2, 0.25) is 5.91 Å². The number of nitrogens with zero attached hydrogens (tertiary/aromatic N) is 3. The van der Waals surface area contributed by atoms with E-state index in [0.717, 1.165) is 0 Å². The number of nitro groups is 1. The zero-order chi connectivity index (χ0) is 13.9. The second-order valence-electron chi connectivity index (χ2n) is 4.09. The molecule has 1 atom stereocenters. The van der Waals surface area contributed by atoms with Crippen LogP contribution >= 0.6 is 0 Å². The van der Waals surface area contributed by atoms with Crippen molar-refractivity contribution < 1.29 is 14.8 Å². The Labute approximate surface area is 104 Å². The molecule has 0 bridgehead atoms. The van der Waals surface area contributed by atoms with Crippen molar-refractivity contribution in [3.05, 3.63) is 21.5 Å². The number of rotatable bonds is 5. The molecule has 0 aliphatic rings. The minimum absolute atomic E-state index is 0.0710. The molecule has 1 heterocycles. The largest absolute Gasteiger partial charge is 0.392 e. The Bertz CT molecular complexity index is 467. The molecule has 0 aliphatic heterocycles.